The van der Waals surface area contributed by atoms with E-state index in [-0.39, 0.29) is 0 Å². The summed E-state index contributed by atoms with van der Waals surface area (Å²) in [6.45, 7) is 0. The maximum atomic E-state index is 12.0. The molecule has 1 aromatic rings. The lowest BCUT2D eigenvalue weighted by atomic mass is 10.3. The molecule has 0 aromatic heterocycles. The molecule has 0 aliphatic rings. The van der Waals surface area contributed by atoms with Crippen LogP contribution in [-0.2, 0) is 10.0 Å². The molecule has 19 heavy (non-hydrogen) atoms. The summed E-state index contributed by atoms with van der Waals surface area (Å²) in [5.74, 6) is -0.548. The van der Waals surface area contributed by atoms with Crippen LogP contribution >= 0.6 is 0 Å². The molecule has 0 aliphatic carbocycles. The smallest absolute Gasteiger partial charge is 0.389 e. The van der Waals surface area contributed by atoms with Gasteiger partial charge in [-0.1, -0.05) is 0 Å². The first-order valence-electron chi connectivity index (χ1n) is 5.51. The lowest BCUT2D eigenvalue weighted by Gasteiger charge is -2.19. The average molecular weight is 296 g/mol. The molecule has 0 amide bonds. The lowest BCUT2D eigenvalue weighted by Crippen LogP contribution is -2.29. The first-order chi connectivity index (χ1) is 8.62. The SMILES string of the molecule is CN(c1ccc(N)cc1)S(=O)(=O)CCCC(F)(F)F. The van der Waals surface area contributed by atoms with E-state index in [4.69, 9.17) is 5.73 Å². The zero-order chi connectivity index (χ0) is 14.7. The normalized spacial score (nSPS) is 12.4. The van der Waals surface area contributed by atoms with Crippen LogP contribution in [0.4, 0.5) is 24.5 Å². The molecule has 0 radical (unpaired) electrons. The van der Waals surface area contributed by atoms with Gasteiger partial charge in [0.15, 0.2) is 0 Å². The van der Waals surface area contributed by atoms with Crippen molar-refractivity contribution in [2.45, 2.75) is 19.0 Å². The molecule has 0 aliphatic heterocycles. The van der Waals surface area contributed by atoms with Gasteiger partial charge in [0, 0.05) is 19.2 Å². The Morgan fingerprint density at radius 1 is 1.21 bits per heavy atom. The summed E-state index contributed by atoms with van der Waals surface area (Å²) < 4.78 is 60.6. The summed E-state index contributed by atoms with van der Waals surface area (Å²) in [4.78, 5) is 0. The standard InChI is InChI=1S/C11H15F3N2O2S/c1-16(10-5-3-9(15)4-6-10)19(17,18)8-2-7-11(12,13)14/h3-6H,2,7-8,15H2,1H3. The van der Waals surface area contributed by atoms with Crippen LogP contribution in [0.3, 0.4) is 0 Å². The second-order valence-electron chi connectivity index (χ2n) is 4.09. The Morgan fingerprint density at radius 2 is 1.74 bits per heavy atom. The Kier molecular flexibility index (Phi) is 4.67. The predicted octanol–water partition coefficient (Wildman–Crippen LogP) is 2.38. The number of sulfonamides is 1. The Hall–Kier alpha value is -1.44. The monoisotopic (exact) mass is 296 g/mol. The van der Waals surface area contributed by atoms with Gasteiger partial charge in [-0.3, -0.25) is 4.31 Å². The summed E-state index contributed by atoms with van der Waals surface area (Å²) in [6, 6.07) is 6.04. The molecule has 4 nitrogen and oxygen atoms in total. The van der Waals surface area contributed by atoms with Gasteiger partial charge in [0.1, 0.15) is 0 Å². The van der Waals surface area contributed by atoms with Crippen LogP contribution in [0.25, 0.3) is 0 Å². The van der Waals surface area contributed by atoms with E-state index in [0.717, 1.165) is 4.31 Å². The Labute approximate surface area is 110 Å². The van der Waals surface area contributed by atoms with Gasteiger partial charge in [-0.2, -0.15) is 13.2 Å². The van der Waals surface area contributed by atoms with Crippen molar-refractivity contribution in [3.8, 4) is 0 Å². The van der Waals surface area contributed by atoms with E-state index in [1.54, 1.807) is 0 Å². The molecule has 108 valence electrons. The molecule has 2 N–H and O–H groups in total. The van der Waals surface area contributed by atoms with Gasteiger partial charge in [0.2, 0.25) is 10.0 Å². The maximum absolute atomic E-state index is 12.0. The lowest BCUT2D eigenvalue weighted by molar-refractivity contribution is -0.134. The third-order valence-corrected chi connectivity index (χ3v) is 4.39. The molecular weight excluding hydrogens is 281 g/mol. The molecule has 1 aromatic carbocycles. The fourth-order valence-corrected chi connectivity index (χ4v) is 2.66. The van der Waals surface area contributed by atoms with Crippen molar-refractivity contribution in [3.63, 3.8) is 0 Å². The Balaban J connectivity index is 2.69. The van der Waals surface area contributed by atoms with Gasteiger partial charge in [-0.15, -0.1) is 0 Å². The zero-order valence-corrected chi connectivity index (χ0v) is 11.1. The van der Waals surface area contributed by atoms with Crippen molar-refractivity contribution in [2.75, 3.05) is 22.8 Å². The number of nitrogens with two attached hydrogens (primary N) is 1. The highest BCUT2D eigenvalue weighted by molar-refractivity contribution is 7.92. The molecule has 8 heteroatoms. The predicted molar refractivity (Wildman–Crippen MR) is 68.3 cm³/mol. The van der Waals surface area contributed by atoms with Crippen molar-refractivity contribution in [2.24, 2.45) is 0 Å². The summed E-state index contributed by atoms with van der Waals surface area (Å²) >= 11 is 0. The Bertz CT molecular complexity index is 512. The average Bonchev–Trinajstić information content (AvgIpc) is 2.27. The number of halogens is 3. The number of hydrogen-bond acceptors (Lipinski definition) is 3. The van der Waals surface area contributed by atoms with Gasteiger partial charge in [-0.25, -0.2) is 8.42 Å². The van der Waals surface area contributed by atoms with Crippen molar-refractivity contribution in [3.05, 3.63) is 24.3 Å². The van der Waals surface area contributed by atoms with Crippen molar-refractivity contribution in [1.82, 2.24) is 0 Å². The van der Waals surface area contributed by atoms with Crippen LogP contribution in [-0.4, -0.2) is 27.4 Å². The number of alkyl halides is 3. The van der Waals surface area contributed by atoms with E-state index in [1.165, 1.54) is 31.3 Å². The summed E-state index contributed by atoms with van der Waals surface area (Å²) in [5.41, 5.74) is 6.31. The molecule has 0 spiro atoms. The first-order valence-corrected chi connectivity index (χ1v) is 7.12. The number of benzene rings is 1. The zero-order valence-electron chi connectivity index (χ0n) is 10.3. The number of hydrogen-bond donors (Lipinski definition) is 1. The molecule has 0 unspecified atom stereocenters. The highest BCUT2D eigenvalue weighted by atomic mass is 32.2. The largest absolute Gasteiger partial charge is 0.399 e. The van der Waals surface area contributed by atoms with E-state index < -0.39 is 34.8 Å². The topological polar surface area (TPSA) is 63.4 Å². The van der Waals surface area contributed by atoms with Crippen LogP contribution in [0, 0.1) is 0 Å². The molecule has 1 rings (SSSR count). The van der Waals surface area contributed by atoms with E-state index in [9.17, 15) is 21.6 Å². The number of nitrogen functional groups attached to an aromatic ring is 1. The first kappa shape index (κ1) is 15.6. The molecule has 0 heterocycles. The van der Waals surface area contributed by atoms with Crippen molar-refractivity contribution in [1.29, 1.82) is 0 Å². The Morgan fingerprint density at radius 3 is 2.21 bits per heavy atom. The third kappa shape index (κ3) is 4.98. The number of anilines is 2. The van der Waals surface area contributed by atoms with E-state index in [1.807, 2.05) is 0 Å². The molecule has 0 bridgehead atoms. The van der Waals surface area contributed by atoms with E-state index >= 15 is 0 Å². The second-order valence-corrected chi connectivity index (χ2v) is 6.21. The summed E-state index contributed by atoms with van der Waals surface area (Å²) in [5, 5.41) is 0. The molecule has 0 atom stereocenters. The van der Waals surface area contributed by atoms with E-state index in [0.29, 0.717) is 11.4 Å². The molecule has 0 saturated heterocycles. The van der Waals surface area contributed by atoms with Gasteiger partial charge in [0.25, 0.3) is 0 Å². The molecular formula is C11H15F3N2O2S. The highest BCUT2D eigenvalue weighted by Gasteiger charge is 2.28. The van der Waals surface area contributed by atoms with Crippen LogP contribution in [0.1, 0.15) is 12.8 Å². The minimum absolute atomic E-state index is 0.362. The number of rotatable bonds is 5. The van der Waals surface area contributed by atoms with Crippen molar-refractivity contribution >= 4 is 21.4 Å². The van der Waals surface area contributed by atoms with Gasteiger partial charge in [-0.05, 0) is 30.7 Å². The minimum atomic E-state index is -4.34. The summed E-state index contributed by atoms with van der Waals surface area (Å²) in [6.07, 6.45) is -5.90. The highest BCUT2D eigenvalue weighted by Crippen LogP contribution is 2.23. The van der Waals surface area contributed by atoms with Crippen LogP contribution in [0.2, 0.25) is 0 Å². The van der Waals surface area contributed by atoms with Crippen molar-refractivity contribution < 1.29 is 21.6 Å². The van der Waals surface area contributed by atoms with Gasteiger partial charge >= 0.3 is 6.18 Å². The van der Waals surface area contributed by atoms with Gasteiger partial charge < -0.3 is 5.73 Å². The van der Waals surface area contributed by atoms with Gasteiger partial charge in [0.05, 0.1) is 11.4 Å². The van der Waals surface area contributed by atoms with Crippen LogP contribution < -0.4 is 10.0 Å². The second kappa shape index (κ2) is 5.68. The number of nitrogens with zero attached hydrogens (tertiary/aromatic N) is 1. The fourth-order valence-electron chi connectivity index (χ4n) is 1.44. The molecule has 0 fully saturated rings. The fraction of sp³-hybridized carbons (Fsp3) is 0.455. The van der Waals surface area contributed by atoms with Crippen LogP contribution in [0.5, 0.6) is 0 Å². The quantitative estimate of drug-likeness (QED) is 0.848. The van der Waals surface area contributed by atoms with E-state index in [2.05, 4.69) is 0 Å². The minimum Gasteiger partial charge on any atom is -0.399 e. The molecule has 0 saturated carbocycles. The van der Waals surface area contributed by atoms with Crippen LogP contribution in [0.15, 0.2) is 24.3 Å². The maximum Gasteiger partial charge on any atom is 0.389 e. The third-order valence-electron chi connectivity index (χ3n) is 2.54. The summed E-state index contributed by atoms with van der Waals surface area (Å²) in [7, 11) is -2.46.